The molecule has 0 radical (unpaired) electrons. The zero-order valence-corrected chi connectivity index (χ0v) is 17.6. The lowest BCUT2D eigenvalue weighted by Gasteiger charge is -2.31. The van der Waals surface area contributed by atoms with Crippen LogP contribution in [0.5, 0.6) is 0 Å². The van der Waals surface area contributed by atoms with Crippen LogP contribution in [-0.2, 0) is 0 Å². The first-order chi connectivity index (χ1) is 14.0. The van der Waals surface area contributed by atoms with Crippen LogP contribution in [0.1, 0.15) is 92.9 Å². The topological polar surface area (TPSA) is 92.9 Å². The summed E-state index contributed by atoms with van der Waals surface area (Å²) in [5.41, 5.74) is 2.08. The van der Waals surface area contributed by atoms with Gasteiger partial charge in [-0.25, -0.2) is 9.67 Å². The molecule has 2 heterocycles. The zero-order chi connectivity index (χ0) is 20.6. The quantitative estimate of drug-likeness (QED) is 0.807. The summed E-state index contributed by atoms with van der Waals surface area (Å²) in [5.74, 6) is 1.45. The minimum Gasteiger partial charge on any atom is -0.394 e. The van der Waals surface area contributed by atoms with Crippen LogP contribution in [0.2, 0.25) is 0 Å². The Labute approximate surface area is 172 Å². The highest BCUT2D eigenvalue weighted by atomic mass is 16.3. The van der Waals surface area contributed by atoms with E-state index in [9.17, 15) is 9.90 Å². The Morgan fingerprint density at radius 1 is 1.31 bits per heavy atom. The lowest BCUT2D eigenvalue weighted by atomic mass is 9.75. The third kappa shape index (κ3) is 3.56. The van der Waals surface area contributed by atoms with Gasteiger partial charge in [-0.1, -0.05) is 33.6 Å². The number of rotatable bonds is 5. The Kier molecular flexibility index (Phi) is 5.42. The molecule has 1 amide bonds. The van der Waals surface area contributed by atoms with E-state index in [0.717, 1.165) is 49.8 Å². The van der Waals surface area contributed by atoms with Crippen LogP contribution in [0, 0.1) is 5.92 Å². The largest absolute Gasteiger partial charge is 0.394 e. The maximum Gasteiger partial charge on any atom is 0.272 e. The van der Waals surface area contributed by atoms with Gasteiger partial charge in [-0.3, -0.25) is 9.78 Å². The lowest BCUT2D eigenvalue weighted by Crippen LogP contribution is -2.49. The molecule has 7 heteroatoms. The Hall–Kier alpha value is -2.28. The Morgan fingerprint density at radius 3 is 2.69 bits per heavy atom. The number of aliphatic hydroxyl groups excluding tert-OH is 1. The summed E-state index contributed by atoms with van der Waals surface area (Å²) in [5, 5.41) is 17.9. The van der Waals surface area contributed by atoms with Crippen LogP contribution in [-0.4, -0.2) is 42.9 Å². The third-order valence-corrected chi connectivity index (χ3v) is 6.74. The maximum atomic E-state index is 13.4. The van der Waals surface area contributed by atoms with Gasteiger partial charge < -0.3 is 10.4 Å². The van der Waals surface area contributed by atoms with Crippen LogP contribution in [0.4, 0.5) is 0 Å². The van der Waals surface area contributed by atoms with Crippen molar-refractivity contribution >= 4 is 5.91 Å². The van der Waals surface area contributed by atoms with E-state index in [1.165, 1.54) is 0 Å². The van der Waals surface area contributed by atoms with Gasteiger partial charge >= 0.3 is 0 Å². The predicted molar refractivity (Wildman–Crippen MR) is 110 cm³/mol. The molecule has 0 aromatic carbocycles. The van der Waals surface area contributed by atoms with E-state index < -0.39 is 5.54 Å². The SMILES string of the molecule is CC(C)C1CC[C@@H](C)c2c(C(=O)NC3(CO)CCCC3)nn(-c3cnccn3)c21. The molecule has 1 fully saturated rings. The molecule has 156 valence electrons. The van der Waals surface area contributed by atoms with Gasteiger partial charge in [0, 0.05) is 23.9 Å². The highest BCUT2D eigenvalue weighted by Gasteiger charge is 2.40. The first-order valence-electron chi connectivity index (χ1n) is 10.8. The van der Waals surface area contributed by atoms with E-state index in [4.69, 9.17) is 5.10 Å². The first-order valence-corrected chi connectivity index (χ1v) is 10.8. The number of nitrogens with zero attached hydrogens (tertiary/aromatic N) is 4. The van der Waals surface area contributed by atoms with Crippen molar-refractivity contribution in [3.05, 3.63) is 35.5 Å². The first kappa shape index (κ1) is 20.0. The van der Waals surface area contributed by atoms with Gasteiger partial charge in [0.2, 0.25) is 0 Å². The van der Waals surface area contributed by atoms with E-state index in [1.54, 1.807) is 18.6 Å². The van der Waals surface area contributed by atoms with Gasteiger partial charge in [-0.05, 0) is 37.5 Å². The van der Waals surface area contributed by atoms with Crippen molar-refractivity contribution in [2.24, 2.45) is 5.92 Å². The van der Waals surface area contributed by atoms with Crippen LogP contribution in [0.15, 0.2) is 18.6 Å². The average Bonchev–Trinajstić information content (AvgIpc) is 3.35. The van der Waals surface area contributed by atoms with Crippen molar-refractivity contribution in [3.8, 4) is 5.82 Å². The lowest BCUT2D eigenvalue weighted by molar-refractivity contribution is 0.0831. The fraction of sp³-hybridized carbons (Fsp3) is 0.636. The van der Waals surface area contributed by atoms with Gasteiger partial charge in [0.1, 0.15) is 0 Å². The average molecular weight is 398 g/mol. The number of hydrogen-bond acceptors (Lipinski definition) is 5. The van der Waals surface area contributed by atoms with Crippen LogP contribution >= 0.6 is 0 Å². The minimum atomic E-state index is -0.518. The molecule has 2 aromatic rings. The molecule has 1 unspecified atom stereocenters. The standard InChI is InChI=1S/C22H31N5O2/c1-14(2)16-7-6-15(3)18-19(21(29)25-22(13-28)8-4-5-9-22)26-27(20(16)18)17-12-23-10-11-24-17/h10-12,14-16,28H,4-9,13H2,1-3H3,(H,25,29)/t15-,16?/m1/s1. The molecule has 1 saturated carbocycles. The smallest absolute Gasteiger partial charge is 0.272 e. The fourth-order valence-electron chi connectivity index (χ4n) is 5.06. The second-order valence-electron chi connectivity index (χ2n) is 9.05. The van der Waals surface area contributed by atoms with Crippen LogP contribution in [0.3, 0.4) is 0 Å². The molecule has 2 aliphatic rings. The summed E-state index contributed by atoms with van der Waals surface area (Å²) >= 11 is 0. The number of fused-ring (bicyclic) bond motifs is 1. The predicted octanol–water partition coefficient (Wildman–Crippen LogP) is 3.33. The summed E-state index contributed by atoms with van der Waals surface area (Å²) in [6.45, 7) is 6.58. The molecule has 2 aliphatic carbocycles. The highest BCUT2D eigenvalue weighted by molar-refractivity contribution is 5.95. The molecule has 2 N–H and O–H groups in total. The van der Waals surface area contributed by atoms with Crippen LogP contribution < -0.4 is 5.32 Å². The van der Waals surface area contributed by atoms with Crippen molar-refractivity contribution in [2.45, 2.75) is 76.7 Å². The molecule has 0 aliphatic heterocycles. The van der Waals surface area contributed by atoms with E-state index in [1.807, 2.05) is 4.68 Å². The number of amides is 1. The summed E-state index contributed by atoms with van der Waals surface area (Å²) < 4.78 is 1.83. The molecule has 7 nitrogen and oxygen atoms in total. The molecule has 0 saturated heterocycles. The number of aromatic nitrogens is 4. The van der Waals surface area contributed by atoms with Crippen molar-refractivity contribution in [2.75, 3.05) is 6.61 Å². The molecule has 4 rings (SSSR count). The van der Waals surface area contributed by atoms with Gasteiger partial charge in [0.25, 0.3) is 5.91 Å². The molecule has 29 heavy (non-hydrogen) atoms. The number of nitrogens with one attached hydrogen (secondary N) is 1. The Balaban J connectivity index is 1.81. The van der Waals surface area contributed by atoms with Gasteiger partial charge in [0.15, 0.2) is 11.5 Å². The third-order valence-electron chi connectivity index (χ3n) is 6.74. The number of carbonyl (C=O) groups is 1. The van der Waals surface area contributed by atoms with Gasteiger partial charge in [0.05, 0.1) is 24.0 Å². The maximum absolute atomic E-state index is 13.4. The van der Waals surface area contributed by atoms with Crippen molar-refractivity contribution in [1.82, 2.24) is 25.1 Å². The van der Waals surface area contributed by atoms with Crippen molar-refractivity contribution in [3.63, 3.8) is 0 Å². The molecule has 0 spiro atoms. The van der Waals surface area contributed by atoms with E-state index in [0.29, 0.717) is 23.3 Å². The number of hydrogen-bond donors (Lipinski definition) is 2. The normalized spacial score (nSPS) is 23.2. The van der Waals surface area contributed by atoms with Crippen LogP contribution in [0.25, 0.3) is 5.82 Å². The molecular formula is C22H31N5O2. The highest BCUT2D eigenvalue weighted by Crippen LogP contribution is 2.44. The second-order valence-corrected chi connectivity index (χ2v) is 9.05. The van der Waals surface area contributed by atoms with E-state index in [-0.39, 0.29) is 18.4 Å². The summed E-state index contributed by atoms with van der Waals surface area (Å²) in [4.78, 5) is 22.0. The Bertz CT molecular complexity index is 871. The van der Waals surface area contributed by atoms with Crippen molar-refractivity contribution < 1.29 is 9.90 Å². The summed E-state index contributed by atoms with van der Waals surface area (Å²) in [6, 6.07) is 0. The van der Waals surface area contributed by atoms with Gasteiger partial charge in [-0.15, -0.1) is 0 Å². The Morgan fingerprint density at radius 2 is 2.07 bits per heavy atom. The molecule has 0 bridgehead atoms. The van der Waals surface area contributed by atoms with E-state index in [2.05, 4.69) is 36.1 Å². The number of carbonyl (C=O) groups excluding carboxylic acids is 1. The molecule has 2 aromatic heterocycles. The van der Waals surface area contributed by atoms with E-state index >= 15 is 0 Å². The summed E-state index contributed by atoms with van der Waals surface area (Å²) in [7, 11) is 0. The second kappa shape index (κ2) is 7.86. The van der Waals surface area contributed by atoms with Gasteiger partial charge in [-0.2, -0.15) is 5.10 Å². The molecular weight excluding hydrogens is 366 g/mol. The summed E-state index contributed by atoms with van der Waals surface area (Å²) in [6.07, 6.45) is 10.8. The molecule has 2 atom stereocenters. The minimum absolute atomic E-state index is 0.0318. The van der Waals surface area contributed by atoms with Crippen molar-refractivity contribution in [1.29, 1.82) is 0 Å². The number of aliphatic hydroxyl groups is 1. The monoisotopic (exact) mass is 397 g/mol. The zero-order valence-electron chi connectivity index (χ0n) is 17.6. The fourth-order valence-corrected chi connectivity index (χ4v) is 5.06.